The van der Waals surface area contributed by atoms with E-state index >= 15 is 0 Å². The first-order valence-electron chi connectivity index (χ1n) is 8.47. The Hall–Kier alpha value is -0.240. The lowest BCUT2D eigenvalue weighted by molar-refractivity contribution is -0.303. The van der Waals surface area contributed by atoms with Gasteiger partial charge in [0.15, 0.2) is 6.29 Å². The molecule has 0 aliphatic carbocycles. The van der Waals surface area contributed by atoms with Gasteiger partial charge < -0.3 is 29.9 Å². The average Bonchev–Trinajstić information content (AvgIpc) is 2.52. The standard InChI is InChI=1S/C16H32O6/c1-3-5-6-8-11(7-4-2)10-21-16-15(20)14(19)13(18)12(9-17)22-16/h11-20H,3-10H2,1-2H3/t11?,12-,13-,14+,15-,16?/m1/s1. The number of hydrogen-bond donors (Lipinski definition) is 4. The zero-order valence-electron chi connectivity index (χ0n) is 13.7. The molecule has 6 atom stereocenters. The van der Waals surface area contributed by atoms with E-state index in [1.807, 2.05) is 0 Å². The fourth-order valence-electron chi connectivity index (χ4n) is 2.84. The molecule has 0 radical (unpaired) electrons. The van der Waals surface area contributed by atoms with Crippen molar-refractivity contribution < 1.29 is 29.9 Å². The number of hydrogen-bond acceptors (Lipinski definition) is 6. The molecule has 2 unspecified atom stereocenters. The van der Waals surface area contributed by atoms with Crippen molar-refractivity contribution in [3.8, 4) is 0 Å². The van der Waals surface area contributed by atoms with Gasteiger partial charge in [0.05, 0.1) is 13.2 Å². The largest absolute Gasteiger partial charge is 0.394 e. The van der Waals surface area contributed by atoms with Crippen LogP contribution in [-0.2, 0) is 9.47 Å². The lowest BCUT2D eigenvalue weighted by atomic mass is 9.97. The topological polar surface area (TPSA) is 99.4 Å². The van der Waals surface area contributed by atoms with Crippen molar-refractivity contribution in [2.24, 2.45) is 5.92 Å². The van der Waals surface area contributed by atoms with E-state index in [-0.39, 0.29) is 0 Å². The summed E-state index contributed by atoms with van der Waals surface area (Å²) >= 11 is 0. The first-order chi connectivity index (χ1) is 10.5. The van der Waals surface area contributed by atoms with E-state index in [2.05, 4.69) is 13.8 Å². The minimum absolute atomic E-state index is 0.393. The van der Waals surface area contributed by atoms with Crippen LogP contribution < -0.4 is 0 Å². The molecule has 0 aromatic carbocycles. The second-order valence-corrected chi connectivity index (χ2v) is 6.18. The number of aliphatic hydroxyl groups excluding tert-OH is 4. The summed E-state index contributed by atoms with van der Waals surface area (Å²) in [4.78, 5) is 0. The normalized spacial score (nSPS) is 33.8. The molecule has 22 heavy (non-hydrogen) atoms. The van der Waals surface area contributed by atoms with Crippen LogP contribution in [0.5, 0.6) is 0 Å². The van der Waals surface area contributed by atoms with Crippen molar-refractivity contribution in [3.63, 3.8) is 0 Å². The minimum atomic E-state index is -1.37. The Morgan fingerprint density at radius 2 is 1.68 bits per heavy atom. The van der Waals surface area contributed by atoms with Gasteiger partial charge in [-0.15, -0.1) is 0 Å². The molecule has 0 spiro atoms. The van der Waals surface area contributed by atoms with Crippen molar-refractivity contribution in [3.05, 3.63) is 0 Å². The Balaban J connectivity index is 2.48. The molecule has 1 heterocycles. The van der Waals surface area contributed by atoms with Gasteiger partial charge in [0.2, 0.25) is 0 Å². The highest BCUT2D eigenvalue weighted by Crippen LogP contribution is 2.24. The van der Waals surface area contributed by atoms with E-state index in [1.165, 1.54) is 12.8 Å². The summed E-state index contributed by atoms with van der Waals surface area (Å²) in [6.07, 6.45) is 0.752. The van der Waals surface area contributed by atoms with Gasteiger partial charge in [-0.05, 0) is 18.8 Å². The summed E-state index contributed by atoms with van der Waals surface area (Å²) in [6, 6.07) is 0. The Morgan fingerprint density at radius 1 is 0.955 bits per heavy atom. The van der Waals surface area contributed by atoms with E-state index in [0.717, 1.165) is 25.7 Å². The highest BCUT2D eigenvalue weighted by atomic mass is 16.7. The third kappa shape index (κ3) is 5.76. The Morgan fingerprint density at radius 3 is 2.27 bits per heavy atom. The molecule has 1 saturated heterocycles. The van der Waals surface area contributed by atoms with Gasteiger partial charge in [-0.25, -0.2) is 0 Å². The number of rotatable bonds is 10. The predicted octanol–water partition coefficient (Wildman–Crippen LogP) is 0.799. The molecule has 1 fully saturated rings. The van der Waals surface area contributed by atoms with Crippen LogP contribution in [0.25, 0.3) is 0 Å². The summed E-state index contributed by atoms with van der Waals surface area (Å²) in [7, 11) is 0. The highest BCUT2D eigenvalue weighted by molar-refractivity contribution is 4.88. The van der Waals surface area contributed by atoms with Crippen LogP contribution in [0.2, 0.25) is 0 Å². The Labute approximate surface area is 133 Å². The second-order valence-electron chi connectivity index (χ2n) is 6.18. The second kappa shape index (κ2) is 10.5. The van der Waals surface area contributed by atoms with Gasteiger partial charge in [0.25, 0.3) is 0 Å². The van der Waals surface area contributed by atoms with Crippen molar-refractivity contribution in [2.45, 2.75) is 83.1 Å². The summed E-state index contributed by atoms with van der Waals surface area (Å²) in [5.74, 6) is 0.393. The van der Waals surface area contributed by atoms with Gasteiger partial charge in [0.1, 0.15) is 24.4 Å². The lowest BCUT2D eigenvalue weighted by Crippen LogP contribution is -2.59. The van der Waals surface area contributed by atoms with E-state index in [0.29, 0.717) is 12.5 Å². The average molecular weight is 320 g/mol. The van der Waals surface area contributed by atoms with Gasteiger partial charge in [-0.3, -0.25) is 0 Å². The van der Waals surface area contributed by atoms with Crippen LogP contribution in [0.4, 0.5) is 0 Å². The molecule has 1 aliphatic rings. The SMILES string of the molecule is CCCCCC(CCC)COC1O[C@H](CO)[C@@H](O)[C@H](O)[C@H]1O. The molecule has 0 aromatic heterocycles. The van der Waals surface area contributed by atoms with Crippen molar-refractivity contribution in [2.75, 3.05) is 13.2 Å². The Bertz CT molecular complexity index is 286. The van der Waals surface area contributed by atoms with E-state index < -0.39 is 37.3 Å². The number of unbranched alkanes of at least 4 members (excludes halogenated alkanes) is 2. The van der Waals surface area contributed by atoms with Crippen LogP contribution >= 0.6 is 0 Å². The molecule has 1 aliphatic heterocycles. The molecule has 0 amide bonds. The maximum atomic E-state index is 9.94. The summed E-state index contributed by atoms with van der Waals surface area (Å²) < 4.78 is 11.0. The highest BCUT2D eigenvalue weighted by Gasteiger charge is 2.44. The van der Waals surface area contributed by atoms with Crippen LogP contribution in [0.3, 0.4) is 0 Å². The fourth-order valence-corrected chi connectivity index (χ4v) is 2.84. The van der Waals surface area contributed by atoms with Gasteiger partial charge in [-0.1, -0.05) is 39.5 Å². The van der Waals surface area contributed by atoms with Crippen LogP contribution in [0.15, 0.2) is 0 Å². The van der Waals surface area contributed by atoms with Crippen LogP contribution in [0.1, 0.15) is 52.4 Å². The minimum Gasteiger partial charge on any atom is -0.394 e. The molecule has 1 rings (SSSR count). The van der Waals surface area contributed by atoms with Crippen LogP contribution in [0, 0.1) is 5.92 Å². The van der Waals surface area contributed by atoms with Gasteiger partial charge in [-0.2, -0.15) is 0 Å². The summed E-state index contributed by atoms with van der Waals surface area (Å²) in [5.41, 5.74) is 0. The zero-order chi connectivity index (χ0) is 16.5. The first-order valence-corrected chi connectivity index (χ1v) is 8.47. The number of ether oxygens (including phenoxy) is 2. The smallest absolute Gasteiger partial charge is 0.186 e. The molecular formula is C16H32O6. The van der Waals surface area contributed by atoms with Crippen LogP contribution in [-0.4, -0.2) is 64.3 Å². The number of aliphatic hydroxyl groups is 4. The summed E-state index contributed by atoms with van der Waals surface area (Å²) in [6.45, 7) is 4.31. The van der Waals surface area contributed by atoms with Gasteiger partial charge in [0, 0.05) is 0 Å². The van der Waals surface area contributed by atoms with E-state index in [4.69, 9.17) is 14.6 Å². The van der Waals surface area contributed by atoms with Crippen molar-refractivity contribution in [1.82, 2.24) is 0 Å². The molecule has 6 nitrogen and oxygen atoms in total. The maximum absolute atomic E-state index is 9.94. The molecule has 132 valence electrons. The molecule has 4 N–H and O–H groups in total. The Kier molecular flexibility index (Phi) is 9.47. The molecule has 0 aromatic rings. The molecule has 0 bridgehead atoms. The lowest BCUT2D eigenvalue weighted by Gasteiger charge is -2.40. The van der Waals surface area contributed by atoms with E-state index in [1.54, 1.807) is 0 Å². The quantitative estimate of drug-likeness (QED) is 0.444. The van der Waals surface area contributed by atoms with E-state index in [9.17, 15) is 15.3 Å². The molecular weight excluding hydrogens is 288 g/mol. The zero-order valence-corrected chi connectivity index (χ0v) is 13.7. The molecule has 0 saturated carbocycles. The van der Waals surface area contributed by atoms with Gasteiger partial charge >= 0.3 is 0 Å². The first kappa shape index (κ1) is 19.8. The maximum Gasteiger partial charge on any atom is 0.186 e. The van der Waals surface area contributed by atoms with Crippen molar-refractivity contribution in [1.29, 1.82) is 0 Å². The third-order valence-corrected chi connectivity index (χ3v) is 4.26. The van der Waals surface area contributed by atoms with Crippen molar-refractivity contribution >= 4 is 0 Å². The third-order valence-electron chi connectivity index (χ3n) is 4.26. The monoisotopic (exact) mass is 320 g/mol. The summed E-state index contributed by atoms with van der Waals surface area (Å²) in [5, 5.41) is 38.6. The molecule has 6 heteroatoms. The fraction of sp³-hybridized carbons (Fsp3) is 1.00. The predicted molar refractivity (Wildman–Crippen MR) is 82.3 cm³/mol.